The normalized spacial score (nSPS) is 13.9. The molecule has 20 heavy (non-hydrogen) atoms. The quantitative estimate of drug-likeness (QED) is 0.786. The number of halogens is 1. The van der Waals surface area contributed by atoms with Crippen LogP contribution < -0.4 is 10.1 Å². The van der Waals surface area contributed by atoms with Gasteiger partial charge in [0.2, 0.25) is 5.91 Å². The number of hydrogen-bond acceptors (Lipinski definition) is 3. The molecular formula is C15H23ClN2O2. The highest BCUT2D eigenvalue weighted by Crippen LogP contribution is 2.23. The number of ether oxygens (including phenoxy) is 1. The molecule has 0 saturated carbocycles. The molecule has 1 amide bonds. The predicted octanol–water partition coefficient (Wildman–Crippen LogP) is 2.43. The monoisotopic (exact) mass is 298 g/mol. The van der Waals surface area contributed by atoms with Crippen molar-refractivity contribution in [3.63, 3.8) is 0 Å². The van der Waals surface area contributed by atoms with Crippen LogP contribution in [0.3, 0.4) is 0 Å². The first-order chi connectivity index (χ1) is 9.47. The Hall–Kier alpha value is -1.26. The van der Waals surface area contributed by atoms with E-state index < -0.39 is 5.38 Å². The van der Waals surface area contributed by atoms with E-state index >= 15 is 0 Å². The Kier molecular flexibility index (Phi) is 6.82. The van der Waals surface area contributed by atoms with Crippen molar-refractivity contribution in [3.05, 3.63) is 29.8 Å². The number of alkyl halides is 1. The van der Waals surface area contributed by atoms with Crippen LogP contribution in [-0.4, -0.2) is 44.6 Å². The molecule has 1 N–H and O–H groups in total. The SMILES string of the molecule is CCC(CN(C)C)NC(=O)C(Cl)c1ccc(OC)cc1. The van der Waals surface area contributed by atoms with Gasteiger partial charge in [0, 0.05) is 12.6 Å². The van der Waals surface area contributed by atoms with E-state index in [1.54, 1.807) is 19.2 Å². The van der Waals surface area contributed by atoms with Crippen molar-refractivity contribution in [1.29, 1.82) is 0 Å². The molecule has 5 heteroatoms. The minimum atomic E-state index is -0.683. The van der Waals surface area contributed by atoms with Gasteiger partial charge >= 0.3 is 0 Å². The molecule has 0 aliphatic rings. The van der Waals surface area contributed by atoms with Crippen LogP contribution in [-0.2, 0) is 4.79 Å². The molecule has 0 spiro atoms. The van der Waals surface area contributed by atoms with Crippen LogP contribution >= 0.6 is 11.6 Å². The zero-order valence-corrected chi connectivity index (χ0v) is 13.3. The zero-order chi connectivity index (χ0) is 15.1. The minimum absolute atomic E-state index is 0.108. The molecule has 0 aromatic heterocycles. The highest BCUT2D eigenvalue weighted by Gasteiger charge is 2.20. The molecule has 112 valence electrons. The molecule has 0 aliphatic heterocycles. The molecule has 0 aliphatic carbocycles. The second-order valence-corrected chi connectivity index (χ2v) is 5.45. The van der Waals surface area contributed by atoms with Gasteiger partial charge in [0.1, 0.15) is 11.1 Å². The highest BCUT2D eigenvalue weighted by molar-refractivity contribution is 6.30. The average molecular weight is 299 g/mol. The lowest BCUT2D eigenvalue weighted by Gasteiger charge is -2.22. The molecule has 1 aromatic carbocycles. The van der Waals surface area contributed by atoms with Crippen LogP contribution in [0, 0.1) is 0 Å². The number of hydrogen-bond donors (Lipinski definition) is 1. The maximum Gasteiger partial charge on any atom is 0.242 e. The molecule has 1 rings (SSSR count). The summed E-state index contributed by atoms with van der Waals surface area (Å²) in [5.41, 5.74) is 0.768. The summed E-state index contributed by atoms with van der Waals surface area (Å²) >= 11 is 6.22. The summed E-state index contributed by atoms with van der Waals surface area (Å²) < 4.78 is 5.09. The van der Waals surface area contributed by atoms with Gasteiger partial charge in [0.05, 0.1) is 7.11 Å². The Morgan fingerprint density at radius 1 is 1.35 bits per heavy atom. The Bertz CT molecular complexity index is 420. The lowest BCUT2D eigenvalue weighted by Crippen LogP contribution is -2.42. The summed E-state index contributed by atoms with van der Waals surface area (Å²) in [4.78, 5) is 14.2. The van der Waals surface area contributed by atoms with Gasteiger partial charge in [-0.2, -0.15) is 0 Å². The third-order valence-electron chi connectivity index (χ3n) is 3.06. The number of nitrogens with one attached hydrogen (secondary N) is 1. The largest absolute Gasteiger partial charge is 0.497 e. The molecule has 0 saturated heterocycles. The zero-order valence-electron chi connectivity index (χ0n) is 12.5. The van der Waals surface area contributed by atoms with E-state index in [4.69, 9.17) is 16.3 Å². The molecule has 0 fully saturated rings. The van der Waals surface area contributed by atoms with Crippen molar-refractivity contribution in [2.75, 3.05) is 27.7 Å². The number of amides is 1. The molecule has 2 atom stereocenters. The third kappa shape index (κ3) is 5.02. The van der Waals surface area contributed by atoms with Crippen molar-refractivity contribution in [1.82, 2.24) is 10.2 Å². The van der Waals surface area contributed by atoms with Gasteiger partial charge in [-0.05, 0) is 38.2 Å². The average Bonchev–Trinajstić information content (AvgIpc) is 2.45. The maximum atomic E-state index is 12.2. The van der Waals surface area contributed by atoms with Gasteiger partial charge in [-0.3, -0.25) is 4.79 Å². The number of methoxy groups -OCH3 is 1. The van der Waals surface area contributed by atoms with E-state index in [9.17, 15) is 4.79 Å². The molecule has 2 unspecified atom stereocenters. The standard InChI is InChI=1S/C15H23ClN2O2/c1-5-12(10-18(2)3)17-15(19)14(16)11-6-8-13(20-4)9-7-11/h6-9,12,14H,5,10H2,1-4H3,(H,17,19). The summed E-state index contributed by atoms with van der Waals surface area (Å²) in [6.45, 7) is 2.85. The molecular weight excluding hydrogens is 276 g/mol. The second-order valence-electron chi connectivity index (χ2n) is 5.01. The molecule has 0 bridgehead atoms. The Morgan fingerprint density at radius 2 is 1.95 bits per heavy atom. The fraction of sp³-hybridized carbons (Fsp3) is 0.533. The van der Waals surface area contributed by atoms with Crippen molar-refractivity contribution in [3.8, 4) is 5.75 Å². The number of carbonyl (C=O) groups is 1. The minimum Gasteiger partial charge on any atom is -0.497 e. The number of nitrogens with zero attached hydrogens (tertiary/aromatic N) is 1. The van der Waals surface area contributed by atoms with Gasteiger partial charge < -0.3 is 15.0 Å². The molecule has 0 radical (unpaired) electrons. The third-order valence-corrected chi connectivity index (χ3v) is 3.51. The first-order valence-corrected chi connectivity index (χ1v) is 7.14. The highest BCUT2D eigenvalue weighted by atomic mass is 35.5. The van der Waals surface area contributed by atoms with Crippen LogP contribution in [0.1, 0.15) is 24.3 Å². The lowest BCUT2D eigenvalue weighted by atomic mass is 10.1. The van der Waals surface area contributed by atoms with Crippen LogP contribution in [0.5, 0.6) is 5.75 Å². The fourth-order valence-corrected chi connectivity index (χ4v) is 2.12. The van der Waals surface area contributed by atoms with Gasteiger partial charge in [-0.25, -0.2) is 0 Å². The first-order valence-electron chi connectivity index (χ1n) is 6.71. The van der Waals surface area contributed by atoms with Gasteiger partial charge in [-0.1, -0.05) is 19.1 Å². The number of likely N-dealkylation sites (N-methyl/N-ethyl adjacent to an activating group) is 1. The summed E-state index contributed by atoms with van der Waals surface area (Å²) in [6.07, 6.45) is 0.871. The van der Waals surface area contributed by atoms with Crippen LogP contribution in [0.2, 0.25) is 0 Å². The summed E-state index contributed by atoms with van der Waals surface area (Å²) in [5.74, 6) is 0.586. The summed E-state index contributed by atoms with van der Waals surface area (Å²) in [7, 11) is 5.57. The Labute approximate surface area is 126 Å². The van der Waals surface area contributed by atoms with E-state index in [2.05, 4.69) is 5.32 Å². The molecule has 0 heterocycles. The first kappa shape index (κ1) is 16.8. The van der Waals surface area contributed by atoms with Gasteiger partial charge in [0.25, 0.3) is 0 Å². The van der Waals surface area contributed by atoms with Crippen molar-refractivity contribution in [2.45, 2.75) is 24.8 Å². The van der Waals surface area contributed by atoms with Crippen molar-refractivity contribution < 1.29 is 9.53 Å². The van der Waals surface area contributed by atoms with E-state index in [0.717, 1.165) is 24.3 Å². The summed E-state index contributed by atoms with van der Waals surface area (Å²) in [6, 6.07) is 7.33. The Balaban J connectivity index is 2.65. The summed E-state index contributed by atoms with van der Waals surface area (Å²) in [5, 5.41) is 2.30. The van der Waals surface area contributed by atoms with Crippen LogP contribution in [0.25, 0.3) is 0 Å². The van der Waals surface area contributed by atoms with Crippen LogP contribution in [0.4, 0.5) is 0 Å². The van der Waals surface area contributed by atoms with Crippen LogP contribution in [0.15, 0.2) is 24.3 Å². The lowest BCUT2D eigenvalue weighted by molar-refractivity contribution is -0.121. The second kappa shape index (κ2) is 8.12. The van der Waals surface area contributed by atoms with E-state index in [1.165, 1.54) is 0 Å². The number of benzene rings is 1. The predicted molar refractivity (Wildman–Crippen MR) is 82.4 cm³/mol. The number of rotatable bonds is 7. The molecule has 4 nitrogen and oxygen atoms in total. The maximum absolute atomic E-state index is 12.2. The topological polar surface area (TPSA) is 41.6 Å². The Morgan fingerprint density at radius 3 is 2.40 bits per heavy atom. The van der Waals surface area contributed by atoms with Crippen molar-refractivity contribution >= 4 is 17.5 Å². The van der Waals surface area contributed by atoms with Crippen molar-refractivity contribution in [2.24, 2.45) is 0 Å². The van der Waals surface area contributed by atoms with E-state index in [-0.39, 0.29) is 11.9 Å². The van der Waals surface area contributed by atoms with Gasteiger partial charge in [-0.15, -0.1) is 11.6 Å². The molecule has 1 aromatic rings. The smallest absolute Gasteiger partial charge is 0.242 e. The fourth-order valence-electron chi connectivity index (χ4n) is 1.92. The van der Waals surface area contributed by atoms with Gasteiger partial charge in [0.15, 0.2) is 0 Å². The van der Waals surface area contributed by atoms with E-state index in [0.29, 0.717) is 0 Å². The van der Waals surface area contributed by atoms with E-state index in [1.807, 2.05) is 38.1 Å². The number of carbonyl (C=O) groups excluding carboxylic acids is 1.